The van der Waals surface area contributed by atoms with Gasteiger partial charge in [0, 0.05) is 18.5 Å². The molecular weight excluding hydrogens is 304 g/mol. The Bertz CT molecular complexity index is 531. The summed E-state index contributed by atoms with van der Waals surface area (Å²) in [7, 11) is 0. The lowest BCUT2D eigenvalue weighted by molar-refractivity contribution is -0.151. The van der Waals surface area contributed by atoms with Gasteiger partial charge in [-0.1, -0.05) is 0 Å². The van der Waals surface area contributed by atoms with Gasteiger partial charge in [-0.25, -0.2) is 9.78 Å². The molecule has 1 saturated heterocycles. The lowest BCUT2D eigenvalue weighted by Crippen LogP contribution is -2.48. The molecule has 6 nitrogen and oxygen atoms in total. The number of carbonyl (C=O) groups is 2. The Morgan fingerprint density at radius 3 is 3.00 bits per heavy atom. The molecule has 22 heavy (non-hydrogen) atoms. The van der Waals surface area contributed by atoms with Gasteiger partial charge in [0.15, 0.2) is 0 Å². The predicted molar refractivity (Wildman–Crippen MR) is 82.8 cm³/mol. The van der Waals surface area contributed by atoms with E-state index in [0.29, 0.717) is 25.3 Å². The van der Waals surface area contributed by atoms with Gasteiger partial charge >= 0.3 is 5.97 Å². The van der Waals surface area contributed by atoms with Gasteiger partial charge in [-0.2, -0.15) is 0 Å². The van der Waals surface area contributed by atoms with Crippen molar-refractivity contribution in [3.8, 4) is 0 Å². The molecule has 0 unspecified atom stereocenters. The minimum absolute atomic E-state index is 0.0828. The fourth-order valence-corrected chi connectivity index (χ4v) is 3.48. The van der Waals surface area contributed by atoms with Gasteiger partial charge in [-0.15, -0.1) is 11.3 Å². The lowest BCUT2D eigenvalue weighted by atomic mass is 10.0. The summed E-state index contributed by atoms with van der Waals surface area (Å²) in [6.45, 7) is 4.99. The van der Waals surface area contributed by atoms with Gasteiger partial charge in [0.2, 0.25) is 5.91 Å². The van der Waals surface area contributed by atoms with Crippen molar-refractivity contribution in [3.05, 3.63) is 16.1 Å². The highest BCUT2D eigenvalue weighted by Gasteiger charge is 2.32. The van der Waals surface area contributed by atoms with Crippen LogP contribution in [0.5, 0.6) is 0 Å². The van der Waals surface area contributed by atoms with Crippen LogP contribution in [0.15, 0.2) is 5.38 Å². The third-order valence-electron chi connectivity index (χ3n) is 3.77. The number of thiazole rings is 1. The highest BCUT2D eigenvalue weighted by atomic mass is 32.1. The highest BCUT2D eigenvalue weighted by Crippen LogP contribution is 2.23. The van der Waals surface area contributed by atoms with E-state index >= 15 is 0 Å². The monoisotopic (exact) mass is 326 g/mol. The van der Waals surface area contributed by atoms with Crippen molar-refractivity contribution in [1.82, 2.24) is 9.88 Å². The molecule has 2 atom stereocenters. The molecule has 1 aliphatic rings. The van der Waals surface area contributed by atoms with E-state index in [2.05, 4.69) is 4.98 Å². The number of carboxylic acid groups (broad SMARTS) is 1. The largest absolute Gasteiger partial charge is 0.480 e. The molecule has 7 heteroatoms. The first-order chi connectivity index (χ1) is 10.5. The van der Waals surface area contributed by atoms with Crippen molar-refractivity contribution >= 4 is 23.2 Å². The Labute approximate surface area is 134 Å². The normalized spacial score (nSPS) is 19.9. The second kappa shape index (κ2) is 7.69. The van der Waals surface area contributed by atoms with Crippen LogP contribution in [0.1, 0.15) is 49.9 Å². The molecule has 0 saturated carbocycles. The quantitative estimate of drug-likeness (QED) is 0.867. The number of aliphatic carboxylic acids is 1. The number of carboxylic acids is 1. The van der Waals surface area contributed by atoms with Crippen molar-refractivity contribution in [2.75, 3.05) is 13.2 Å². The second-order valence-corrected chi connectivity index (χ2v) is 6.28. The maximum absolute atomic E-state index is 12.4. The standard InChI is InChI=1S/C15H22N2O4S/c1-3-21-10(2)14-16-11(9-22-14)8-13(18)17-7-5-4-6-12(17)15(19)20/h9-10,12H,3-8H2,1-2H3,(H,19,20)/t10-,12+/m0/s1. The zero-order valence-corrected chi connectivity index (χ0v) is 13.8. The lowest BCUT2D eigenvalue weighted by Gasteiger charge is -2.32. The van der Waals surface area contributed by atoms with Gasteiger partial charge in [0.1, 0.15) is 17.2 Å². The molecule has 0 spiro atoms. The maximum atomic E-state index is 12.4. The van der Waals surface area contributed by atoms with Gasteiger partial charge in [0.25, 0.3) is 0 Å². The molecular formula is C15H22N2O4S. The topological polar surface area (TPSA) is 79.7 Å². The third-order valence-corrected chi connectivity index (χ3v) is 4.83. The summed E-state index contributed by atoms with van der Waals surface area (Å²) in [4.78, 5) is 29.6. The number of ether oxygens (including phenoxy) is 1. The summed E-state index contributed by atoms with van der Waals surface area (Å²) < 4.78 is 5.49. The SMILES string of the molecule is CCO[C@@H](C)c1nc(CC(=O)N2CCCC[C@@H]2C(=O)O)cs1. The average molecular weight is 326 g/mol. The number of piperidine rings is 1. The van der Waals surface area contributed by atoms with E-state index in [9.17, 15) is 14.7 Å². The number of aromatic nitrogens is 1. The van der Waals surface area contributed by atoms with Crippen molar-refractivity contribution < 1.29 is 19.4 Å². The number of hydrogen-bond acceptors (Lipinski definition) is 5. The first-order valence-corrected chi connectivity index (χ1v) is 8.49. The molecule has 1 aromatic heterocycles. The first-order valence-electron chi connectivity index (χ1n) is 7.61. The number of amides is 1. The minimum Gasteiger partial charge on any atom is -0.480 e. The van der Waals surface area contributed by atoms with Crippen LogP contribution in [0.2, 0.25) is 0 Å². The Morgan fingerprint density at radius 2 is 2.32 bits per heavy atom. The van der Waals surface area contributed by atoms with Crippen LogP contribution in [0.4, 0.5) is 0 Å². The molecule has 1 aliphatic heterocycles. The zero-order chi connectivity index (χ0) is 16.1. The van der Waals surface area contributed by atoms with Crippen LogP contribution in [-0.2, 0) is 20.7 Å². The number of nitrogens with zero attached hydrogens (tertiary/aromatic N) is 2. The molecule has 1 fully saturated rings. The van der Waals surface area contributed by atoms with Crippen molar-refractivity contribution in [2.24, 2.45) is 0 Å². The fraction of sp³-hybridized carbons (Fsp3) is 0.667. The highest BCUT2D eigenvalue weighted by molar-refractivity contribution is 7.09. The van der Waals surface area contributed by atoms with Gasteiger partial charge in [-0.3, -0.25) is 4.79 Å². The van der Waals surface area contributed by atoms with E-state index in [1.807, 2.05) is 19.2 Å². The smallest absolute Gasteiger partial charge is 0.326 e. The summed E-state index contributed by atoms with van der Waals surface area (Å²) in [5.74, 6) is -1.08. The van der Waals surface area contributed by atoms with E-state index in [4.69, 9.17) is 4.74 Å². The van der Waals surface area contributed by atoms with Crippen LogP contribution in [0.3, 0.4) is 0 Å². The number of rotatable bonds is 6. The number of carbonyl (C=O) groups excluding carboxylic acids is 1. The summed E-state index contributed by atoms with van der Waals surface area (Å²) in [6.07, 6.45) is 2.32. The Morgan fingerprint density at radius 1 is 1.55 bits per heavy atom. The van der Waals surface area contributed by atoms with E-state index < -0.39 is 12.0 Å². The van der Waals surface area contributed by atoms with Gasteiger partial charge < -0.3 is 14.7 Å². The van der Waals surface area contributed by atoms with E-state index in [-0.39, 0.29) is 18.4 Å². The third kappa shape index (κ3) is 4.04. The molecule has 122 valence electrons. The van der Waals surface area contributed by atoms with Crippen LogP contribution in [0, 0.1) is 0 Å². The van der Waals surface area contributed by atoms with E-state index in [1.165, 1.54) is 16.2 Å². The van der Waals surface area contributed by atoms with Crippen LogP contribution >= 0.6 is 11.3 Å². The average Bonchev–Trinajstić information content (AvgIpc) is 2.96. The summed E-state index contributed by atoms with van der Waals surface area (Å²) >= 11 is 1.47. The van der Waals surface area contributed by atoms with Crippen molar-refractivity contribution in [1.29, 1.82) is 0 Å². The summed E-state index contributed by atoms with van der Waals surface area (Å²) in [5, 5.41) is 11.9. The minimum atomic E-state index is -0.919. The van der Waals surface area contributed by atoms with Crippen LogP contribution < -0.4 is 0 Å². The van der Waals surface area contributed by atoms with Gasteiger partial charge in [-0.05, 0) is 33.1 Å². The maximum Gasteiger partial charge on any atom is 0.326 e. The molecule has 2 heterocycles. The molecule has 0 radical (unpaired) electrons. The van der Waals surface area contributed by atoms with Gasteiger partial charge in [0.05, 0.1) is 12.1 Å². The first kappa shape index (κ1) is 16.9. The molecule has 1 N–H and O–H groups in total. The second-order valence-electron chi connectivity index (χ2n) is 5.39. The molecule has 2 rings (SSSR count). The van der Waals surface area contributed by atoms with Crippen LogP contribution in [-0.4, -0.2) is 46.1 Å². The fourth-order valence-electron chi connectivity index (χ4n) is 2.66. The Kier molecular flexibility index (Phi) is 5.90. The zero-order valence-electron chi connectivity index (χ0n) is 12.9. The van der Waals surface area contributed by atoms with E-state index in [1.54, 1.807) is 0 Å². The molecule has 1 aromatic rings. The van der Waals surface area contributed by atoms with Crippen LogP contribution in [0.25, 0.3) is 0 Å². The molecule has 1 amide bonds. The predicted octanol–water partition coefficient (Wildman–Crippen LogP) is 2.25. The summed E-state index contributed by atoms with van der Waals surface area (Å²) in [6, 6.07) is -0.693. The van der Waals surface area contributed by atoms with Crippen molar-refractivity contribution in [2.45, 2.75) is 51.7 Å². The molecule has 0 aliphatic carbocycles. The number of hydrogen-bond donors (Lipinski definition) is 1. The van der Waals surface area contributed by atoms with E-state index in [0.717, 1.165) is 17.8 Å². The number of likely N-dealkylation sites (tertiary alicyclic amines) is 1. The Hall–Kier alpha value is -1.47. The molecule has 0 aromatic carbocycles. The van der Waals surface area contributed by atoms with Crippen molar-refractivity contribution in [3.63, 3.8) is 0 Å². The Balaban J connectivity index is 2.00. The summed E-state index contributed by atoms with van der Waals surface area (Å²) in [5.41, 5.74) is 0.686. The molecule has 0 bridgehead atoms.